The summed E-state index contributed by atoms with van der Waals surface area (Å²) in [6.45, 7) is 6.62. The van der Waals surface area contributed by atoms with Gasteiger partial charge in [0.15, 0.2) is 0 Å². The Balaban J connectivity index is 1.45. The van der Waals surface area contributed by atoms with Crippen LogP contribution in [0.5, 0.6) is 0 Å². The van der Waals surface area contributed by atoms with Gasteiger partial charge in [0.1, 0.15) is 0 Å². The lowest BCUT2D eigenvalue weighted by molar-refractivity contribution is -0.121. The molecule has 0 atom stereocenters. The number of amides is 2. The van der Waals surface area contributed by atoms with Crippen LogP contribution in [0.3, 0.4) is 0 Å². The number of hydrogen-bond donors (Lipinski definition) is 3. The molecule has 0 aliphatic heterocycles. The van der Waals surface area contributed by atoms with Gasteiger partial charge in [-0.25, -0.2) is 13.1 Å². The number of sulfonamides is 1. The van der Waals surface area contributed by atoms with Crippen LogP contribution in [0.2, 0.25) is 0 Å². The monoisotopic (exact) mass is 499 g/mol. The molecule has 0 unspecified atom stereocenters. The summed E-state index contributed by atoms with van der Waals surface area (Å²) in [5.74, 6) is -0.297. The van der Waals surface area contributed by atoms with Crippen molar-refractivity contribution < 1.29 is 18.0 Å². The first-order valence-electron chi connectivity index (χ1n) is 12.3. The van der Waals surface area contributed by atoms with Gasteiger partial charge < -0.3 is 10.6 Å². The Morgan fingerprint density at radius 1 is 0.914 bits per heavy atom. The summed E-state index contributed by atoms with van der Waals surface area (Å²) in [6.07, 6.45) is 5.86. The molecule has 8 heteroatoms. The molecular weight excluding hydrogens is 462 g/mol. The van der Waals surface area contributed by atoms with E-state index in [2.05, 4.69) is 36.1 Å². The molecule has 2 aromatic carbocycles. The third-order valence-electron chi connectivity index (χ3n) is 6.32. The highest BCUT2D eigenvalue weighted by atomic mass is 32.2. The molecule has 0 aromatic heterocycles. The minimum Gasteiger partial charge on any atom is -0.353 e. The van der Waals surface area contributed by atoms with Crippen LogP contribution in [0.25, 0.3) is 0 Å². The minimum absolute atomic E-state index is 0.0344. The topological polar surface area (TPSA) is 104 Å². The van der Waals surface area contributed by atoms with Crippen molar-refractivity contribution in [1.82, 2.24) is 15.4 Å². The SMILES string of the molecule is CC(C)(C)c1ccc(S(=O)(=O)NCc2ccc(C(=O)NCCC(=O)NC3CCCCC3)cc2)cc1. The molecule has 0 heterocycles. The molecule has 35 heavy (non-hydrogen) atoms. The van der Waals surface area contributed by atoms with Gasteiger partial charge >= 0.3 is 0 Å². The van der Waals surface area contributed by atoms with Gasteiger partial charge in [-0.2, -0.15) is 0 Å². The molecule has 1 saturated carbocycles. The predicted molar refractivity (Wildman–Crippen MR) is 138 cm³/mol. The lowest BCUT2D eigenvalue weighted by Gasteiger charge is -2.22. The third kappa shape index (κ3) is 8.18. The van der Waals surface area contributed by atoms with E-state index in [1.165, 1.54) is 6.42 Å². The fourth-order valence-electron chi connectivity index (χ4n) is 4.11. The maximum atomic E-state index is 12.6. The van der Waals surface area contributed by atoms with E-state index < -0.39 is 10.0 Å². The number of carbonyl (C=O) groups excluding carboxylic acids is 2. The Labute approximate surface area is 209 Å². The number of benzene rings is 2. The average molecular weight is 500 g/mol. The summed E-state index contributed by atoms with van der Waals surface area (Å²) < 4.78 is 27.9. The maximum Gasteiger partial charge on any atom is 0.251 e. The predicted octanol–water partition coefficient (Wildman–Crippen LogP) is 4.03. The fraction of sp³-hybridized carbons (Fsp3) is 0.481. The van der Waals surface area contributed by atoms with Gasteiger partial charge in [0.05, 0.1) is 4.90 Å². The zero-order valence-electron chi connectivity index (χ0n) is 20.9. The van der Waals surface area contributed by atoms with Crippen molar-refractivity contribution in [3.8, 4) is 0 Å². The van der Waals surface area contributed by atoms with Crippen LogP contribution in [-0.4, -0.2) is 32.8 Å². The average Bonchev–Trinajstić information content (AvgIpc) is 2.83. The fourth-order valence-corrected chi connectivity index (χ4v) is 5.13. The summed E-state index contributed by atoms with van der Waals surface area (Å²) in [7, 11) is -3.65. The van der Waals surface area contributed by atoms with E-state index in [1.807, 2.05) is 12.1 Å². The van der Waals surface area contributed by atoms with E-state index >= 15 is 0 Å². The largest absolute Gasteiger partial charge is 0.353 e. The molecule has 2 aromatic rings. The summed E-state index contributed by atoms with van der Waals surface area (Å²) in [5, 5.41) is 5.81. The summed E-state index contributed by atoms with van der Waals surface area (Å²) >= 11 is 0. The van der Waals surface area contributed by atoms with E-state index in [-0.39, 0.29) is 47.7 Å². The van der Waals surface area contributed by atoms with E-state index in [4.69, 9.17) is 0 Å². The Kier molecular flexibility index (Phi) is 9.08. The summed E-state index contributed by atoms with van der Waals surface area (Å²) in [5.41, 5.74) is 2.21. The molecule has 1 aliphatic carbocycles. The molecule has 0 spiro atoms. The molecule has 0 saturated heterocycles. The third-order valence-corrected chi connectivity index (χ3v) is 7.74. The van der Waals surface area contributed by atoms with Crippen LogP contribution < -0.4 is 15.4 Å². The van der Waals surface area contributed by atoms with Gasteiger partial charge in [0, 0.05) is 31.1 Å². The lowest BCUT2D eigenvalue weighted by atomic mass is 9.87. The van der Waals surface area contributed by atoms with Crippen molar-refractivity contribution in [1.29, 1.82) is 0 Å². The van der Waals surface area contributed by atoms with Crippen LogP contribution in [0.1, 0.15) is 80.8 Å². The first-order chi connectivity index (χ1) is 16.5. The molecule has 3 rings (SSSR count). The van der Waals surface area contributed by atoms with Crippen molar-refractivity contribution in [2.45, 2.75) is 82.2 Å². The molecule has 2 amide bonds. The molecule has 190 valence electrons. The minimum atomic E-state index is -3.65. The highest BCUT2D eigenvalue weighted by Crippen LogP contribution is 2.23. The number of nitrogens with one attached hydrogen (secondary N) is 3. The Morgan fingerprint density at radius 2 is 1.54 bits per heavy atom. The van der Waals surface area contributed by atoms with Crippen molar-refractivity contribution in [3.63, 3.8) is 0 Å². The van der Waals surface area contributed by atoms with Gasteiger partial charge in [-0.05, 0) is 53.6 Å². The summed E-state index contributed by atoms with van der Waals surface area (Å²) in [4.78, 5) is 24.7. The van der Waals surface area contributed by atoms with Gasteiger partial charge in [-0.15, -0.1) is 0 Å². The lowest BCUT2D eigenvalue weighted by Crippen LogP contribution is -2.38. The van der Waals surface area contributed by atoms with Crippen LogP contribution in [0.15, 0.2) is 53.4 Å². The molecule has 1 aliphatic rings. The van der Waals surface area contributed by atoms with Crippen molar-refractivity contribution in [2.75, 3.05) is 6.54 Å². The van der Waals surface area contributed by atoms with Crippen molar-refractivity contribution in [3.05, 3.63) is 65.2 Å². The number of rotatable bonds is 9. The number of carbonyl (C=O) groups is 2. The van der Waals surface area contributed by atoms with Crippen LogP contribution in [-0.2, 0) is 26.8 Å². The quantitative estimate of drug-likeness (QED) is 0.484. The molecule has 0 radical (unpaired) electrons. The van der Waals surface area contributed by atoms with E-state index in [0.29, 0.717) is 5.56 Å². The van der Waals surface area contributed by atoms with E-state index in [9.17, 15) is 18.0 Å². The first kappa shape index (κ1) is 26.9. The highest BCUT2D eigenvalue weighted by Gasteiger charge is 2.18. The molecule has 1 fully saturated rings. The molecule has 3 N–H and O–H groups in total. The van der Waals surface area contributed by atoms with Crippen LogP contribution in [0.4, 0.5) is 0 Å². The standard InChI is InChI=1S/C27H37N3O4S/c1-27(2,3)22-13-15-24(16-14-22)35(33,34)29-19-20-9-11-21(12-10-20)26(32)28-18-17-25(31)30-23-7-5-4-6-8-23/h9-16,23,29H,4-8,17-19H2,1-3H3,(H,28,32)(H,30,31). The van der Waals surface area contributed by atoms with E-state index in [1.54, 1.807) is 36.4 Å². The van der Waals surface area contributed by atoms with Crippen LogP contribution >= 0.6 is 0 Å². The van der Waals surface area contributed by atoms with Crippen molar-refractivity contribution >= 4 is 21.8 Å². The van der Waals surface area contributed by atoms with E-state index in [0.717, 1.165) is 36.8 Å². The normalized spacial score (nSPS) is 14.9. The zero-order valence-corrected chi connectivity index (χ0v) is 21.7. The van der Waals surface area contributed by atoms with Gasteiger partial charge in [0.2, 0.25) is 15.9 Å². The molecular formula is C27H37N3O4S. The second-order valence-corrected chi connectivity index (χ2v) is 12.0. The van der Waals surface area contributed by atoms with Gasteiger partial charge in [-0.3, -0.25) is 9.59 Å². The molecule has 7 nitrogen and oxygen atoms in total. The Morgan fingerprint density at radius 3 is 2.14 bits per heavy atom. The number of hydrogen-bond acceptors (Lipinski definition) is 4. The second kappa shape index (κ2) is 11.8. The zero-order chi connectivity index (χ0) is 25.5. The Hall–Kier alpha value is -2.71. The highest BCUT2D eigenvalue weighted by molar-refractivity contribution is 7.89. The maximum absolute atomic E-state index is 12.6. The Bertz CT molecular complexity index is 1100. The summed E-state index contributed by atoms with van der Waals surface area (Å²) in [6, 6.07) is 13.9. The second-order valence-electron chi connectivity index (χ2n) is 10.2. The van der Waals surface area contributed by atoms with Crippen LogP contribution in [0, 0.1) is 0 Å². The van der Waals surface area contributed by atoms with Gasteiger partial charge in [0.25, 0.3) is 5.91 Å². The first-order valence-corrected chi connectivity index (χ1v) is 13.8. The van der Waals surface area contributed by atoms with Gasteiger partial charge in [-0.1, -0.05) is 64.3 Å². The van der Waals surface area contributed by atoms with Crippen molar-refractivity contribution in [2.24, 2.45) is 0 Å². The molecule has 0 bridgehead atoms. The smallest absolute Gasteiger partial charge is 0.251 e.